The summed E-state index contributed by atoms with van der Waals surface area (Å²) in [6.45, 7) is 0.567. The first-order valence-electron chi connectivity index (χ1n) is 7.76. The fourth-order valence-electron chi connectivity index (χ4n) is 4.25. The molecule has 1 aliphatic carbocycles. The zero-order chi connectivity index (χ0) is 15.3. The zero-order valence-corrected chi connectivity index (χ0v) is 12.2. The van der Waals surface area contributed by atoms with E-state index in [0.29, 0.717) is 18.0 Å². The highest BCUT2D eigenvalue weighted by atomic mass is 16.4. The summed E-state index contributed by atoms with van der Waals surface area (Å²) in [6.07, 6.45) is 4.82. The highest BCUT2D eigenvalue weighted by Crippen LogP contribution is 2.43. The summed E-state index contributed by atoms with van der Waals surface area (Å²) in [5, 5.41) is 10.6. The summed E-state index contributed by atoms with van der Waals surface area (Å²) >= 11 is 0. The van der Waals surface area contributed by atoms with E-state index in [1.807, 2.05) is 18.2 Å². The molecule has 4 rings (SSSR count). The average molecular weight is 298 g/mol. The van der Waals surface area contributed by atoms with Crippen LogP contribution in [0.15, 0.2) is 30.5 Å². The summed E-state index contributed by atoms with van der Waals surface area (Å²) in [6, 6.07) is 6.80. The van der Waals surface area contributed by atoms with Gasteiger partial charge in [0, 0.05) is 18.1 Å². The maximum absolute atomic E-state index is 12.9. The summed E-state index contributed by atoms with van der Waals surface area (Å²) in [7, 11) is 0. The smallest absolute Gasteiger partial charge is 0.326 e. The number of carbonyl (C=O) groups excluding carboxylic acids is 1. The van der Waals surface area contributed by atoms with Crippen molar-refractivity contribution in [1.29, 1.82) is 0 Å². The highest BCUT2D eigenvalue weighted by molar-refractivity contribution is 6.06. The molecule has 1 aromatic carbocycles. The largest absolute Gasteiger partial charge is 0.480 e. The number of aliphatic carboxylic acids is 1. The van der Waals surface area contributed by atoms with Gasteiger partial charge in [-0.05, 0) is 36.8 Å². The van der Waals surface area contributed by atoms with Crippen LogP contribution in [0.1, 0.15) is 29.6 Å². The van der Waals surface area contributed by atoms with Gasteiger partial charge >= 0.3 is 5.97 Å². The number of hydrogen-bond donors (Lipinski definition) is 2. The minimum absolute atomic E-state index is 0.115. The Morgan fingerprint density at radius 3 is 2.91 bits per heavy atom. The quantitative estimate of drug-likeness (QED) is 0.894. The van der Waals surface area contributed by atoms with Crippen molar-refractivity contribution in [2.24, 2.45) is 11.8 Å². The van der Waals surface area contributed by atoms with E-state index in [9.17, 15) is 14.7 Å². The second-order valence-corrected chi connectivity index (χ2v) is 6.34. The molecule has 2 heterocycles. The second-order valence-electron chi connectivity index (χ2n) is 6.34. The number of carboxylic acid groups (broad SMARTS) is 1. The number of hydrogen-bond acceptors (Lipinski definition) is 2. The molecule has 114 valence electrons. The number of fused-ring (bicyclic) bond motifs is 2. The Hall–Kier alpha value is -2.30. The first-order valence-corrected chi connectivity index (χ1v) is 7.76. The maximum Gasteiger partial charge on any atom is 0.326 e. The van der Waals surface area contributed by atoms with Crippen molar-refractivity contribution >= 4 is 22.8 Å². The number of carbonyl (C=O) groups is 2. The molecular formula is C17H18N2O3. The fraction of sp³-hybridized carbons (Fsp3) is 0.412. The normalized spacial score (nSPS) is 27.3. The van der Waals surface area contributed by atoms with Crippen LogP contribution in [-0.4, -0.2) is 39.5 Å². The van der Waals surface area contributed by atoms with Crippen LogP contribution in [0.3, 0.4) is 0 Å². The molecule has 0 bridgehead atoms. The lowest BCUT2D eigenvalue weighted by Gasteiger charge is -2.24. The van der Waals surface area contributed by atoms with Crippen LogP contribution < -0.4 is 0 Å². The van der Waals surface area contributed by atoms with E-state index in [0.717, 1.165) is 30.2 Å². The van der Waals surface area contributed by atoms with E-state index in [1.54, 1.807) is 17.2 Å². The standard InChI is InChI=1S/C17H18N2O3/c20-16(13-6-1-3-10-7-8-18-14(10)13)19-9-11-4-2-5-12(11)15(19)17(21)22/h1,3,6-8,11-12,15,18H,2,4-5,9H2,(H,21,22). The number of aromatic amines is 1. The van der Waals surface area contributed by atoms with Gasteiger partial charge in [0.15, 0.2) is 0 Å². The molecule has 0 spiro atoms. The number of nitrogens with zero attached hydrogens (tertiary/aromatic N) is 1. The molecule has 5 nitrogen and oxygen atoms in total. The topological polar surface area (TPSA) is 73.4 Å². The van der Waals surface area contributed by atoms with E-state index in [4.69, 9.17) is 0 Å². The molecule has 22 heavy (non-hydrogen) atoms. The van der Waals surface area contributed by atoms with Gasteiger partial charge in [0.25, 0.3) is 5.91 Å². The molecule has 2 N–H and O–H groups in total. The van der Waals surface area contributed by atoms with Crippen LogP contribution >= 0.6 is 0 Å². The number of para-hydroxylation sites is 1. The van der Waals surface area contributed by atoms with Crippen LogP contribution in [0, 0.1) is 11.8 Å². The van der Waals surface area contributed by atoms with Crippen LogP contribution in [0.5, 0.6) is 0 Å². The Morgan fingerprint density at radius 1 is 1.23 bits per heavy atom. The third-order valence-electron chi connectivity index (χ3n) is 5.22. The molecule has 1 aromatic heterocycles. The lowest BCUT2D eigenvalue weighted by molar-refractivity contribution is -0.142. The monoisotopic (exact) mass is 298 g/mol. The fourth-order valence-corrected chi connectivity index (χ4v) is 4.25. The minimum Gasteiger partial charge on any atom is -0.480 e. The molecule has 5 heteroatoms. The molecule has 1 aliphatic heterocycles. The zero-order valence-electron chi connectivity index (χ0n) is 12.2. The van der Waals surface area contributed by atoms with Crippen molar-refractivity contribution in [1.82, 2.24) is 9.88 Å². The van der Waals surface area contributed by atoms with Gasteiger partial charge in [0.1, 0.15) is 6.04 Å². The van der Waals surface area contributed by atoms with Gasteiger partial charge in [-0.2, -0.15) is 0 Å². The first-order chi connectivity index (χ1) is 10.7. The Kier molecular flexibility index (Phi) is 2.96. The number of aromatic nitrogens is 1. The number of nitrogens with one attached hydrogen (secondary N) is 1. The van der Waals surface area contributed by atoms with E-state index < -0.39 is 12.0 Å². The average Bonchev–Trinajstić information content (AvgIpc) is 3.19. The predicted molar refractivity (Wildman–Crippen MR) is 81.6 cm³/mol. The molecule has 2 fully saturated rings. The van der Waals surface area contributed by atoms with E-state index in [2.05, 4.69) is 4.98 Å². The van der Waals surface area contributed by atoms with Crippen LogP contribution in [0.4, 0.5) is 0 Å². The van der Waals surface area contributed by atoms with Crippen molar-refractivity contribution < 1.29 is 14.7 Å². The lowest BCUT2D eigenvalue weighted by atomic mass is 9.94. The molecule has 3 unspecified atom stereocenters. The minimum atomic E-state index is -0.874. The van der Waals surface area contributed by atoms with Crippen molar-refractivity contribution in [3.8, 4) is 0 Å². The van der Waals surface area contributed by atoms with Gasteiger partial charge < -0.3 is 15.0 Å². The molecular weight excluding hydrogens is 280 g/mol. The van der Waals surface area contributed by atoms with Crippen LogP contribution in [0.2, 0.25) is 0 Å². The highest BCUT2D eigenvalue weighted by Gasteiger charge is 2.49. The third-order valence-corrected chi connectivity index (χ3v) is 5.22. The van der Waals surface area contributed by atoms with E-state index in [-0.39, 0.29) is 11.8 Å². The van der Waals surface area contributed by atoms with Crippen molar-refractivity contribution in [2.75, 3.05) is 6.54 Å². The number of amides is 1. The van der Waals surface area contributed by atoms with Gasteiger partial charge in [-0.15, -0.1) is 0 Å². The lowest BCUT2D eigenvalue weighted by Crippen LogP contribution is -2.43. The Morgan fingerprint density at radius 2 is 2.09 bits per heavy atom. The summed E-state index contributed by atoms with van der Waals surface area (Å²) in [4.78, 5) is 29.3. The summed E-state index contributed by atoms with van der Waals surface area (Å²) in [5.41, 5.74) is 1.35. The van der Waals surface area contributed by atoms with Gasteiger partial charge in [-0.25, -0.2) is 4.79 Å². The van der Waals surface area contributed by atoms with Crippen molar-refractivity contribution in [3.63, 3.8) is 0 Å². The van der Waals surface area contributed by atoms with Gasteiger partial charge in [0.2, 0.25) is 0 Å². The molecule has 1 saturated heterocycles. The molecule has 3 atom stereocenters. The van der Waals surface area contributed by atoms with Gasteiger partial charge in [-0.3, -0.25) is 4.79 Å². The summed E-state index contributed by atoms with van der Waals surface area (Å²) < 4.78 is 0. The number of rotatable bonds is 2. The molecule has 2 aromatic rings. The first kappa shape index (κ1) is 13.4. The molecule has 1 saturated carbocycles. The van der Waals surface area contributed by atoms with Gasteiger partial charge in [-0.1, -0.05) is 18.6 Å². The Balaban J connectivity index is 1.73. The molecule has 2 aliphatic rings. The van der Waals surface area contributed by atoms with Crippen molar-refractivity contribution in [2.45, 2.75) is 25.3 Å². The Labute approximate surface area is 127 Å². The number of carboxylic acids is 1. The van der Waals surface area contributed by atoms with E-state index in [1.165, 1.54) is 0 Å². The Bertz CT molecular complexity index is 751. The van der Waals surface area contributed by atoms with E-state index >= 15 is 0 Å². The predicted octanol–water partition coefficient (Wildman–Crippen LogP) is 2.49. The number of benzene rings is 1. The molecule has 1 amide bonds. The number of H-pyrrole nitrogens is 1. The summed E-state index contributed by atoms with van der Waals surface area (Å²) in [5.74, 6) is -0.589. The SMILES string of the molecule is O=C(O)C1C2CCCC2CN1C(=O)c1cccc2cc[nH]c12. The van der Waals surface area contributed by atoms with Gasteiger partial charge in [0.05, 0.1) is 11.1 Å². The van der Waals surface area contributed by atoms with Crippen LogP contribution in [0.25, 0.3) is 10.9 Å². The second kappa shape index (κ2) is 4.87. The van der Waals surface area contributed by atoms with Crippen molar-refractivity contribution in [3.05, 3.63) is 36.0 Å². The molecule has 0 radical (unpaired) electrons. The number of likely N-dealkylation sites (tertiary alicyclic amines) is 1. The van der Waals surface area contributed by atoms with Crippen LogP contribution in [-0.2, 0) is 4.79 Å². The maximum atomic E-state index is 12.9. The third kappa shape index (κ3) is 1.85.